The summed E-state index contributed by atoms with van der Waals surface area (Å²) in [6.45, 7) is 5.17. The third-order valence-corrected chi connectivity index (χ3v) is 2.63. The standard InChI is InChI=1S/C10H20N2O2/c1-7(11)6-12(3)10(13)9-4-5-14-8(9)2/h7-9H,4-6,11H2,1-3H3. The summed E-state index contributed by atoms with van der Waals surface area (Å²) in [5.41, 5.74) is 5.64. The maximum atomic E-state index is 11.9. The highest BCUT2D eigenvalue weighted by Gasteiger charge is 2.32. The first-order valence-corrected chi connectivity index (χ1v) is 5.14. The van der Waals surface area contributed by atoms with E-state index in [0.717, 1.165) is 6.42 Å². The van der Waals surface area contributed by atoms with Crippen LogP contribution < -0.4 is 5.73 Å². The monoisotopic (exact) mass is 200 g/mol. The van der Waals surface area contributed by atoms with E-state index in [9.17, 15) is 4.79 Å². The summed E-state index contributed by atoms with van der Waals surface area (Å²) < 4.78 is 5.36. The lowest BCUT2D eigenvalue weighted by Gasteiger charge is -2.24. The van der Waals surface area contributed by atoms with Crippen molar-refractivity contribution >= 4 is 5.91 Å². The van der Waals surface area contributed by atoms with E-state index in [0.29, 0.717) is 13.2 Å². The molecule has 1 aliphatic rings. The summed E-state index contributed by atoms with van der Waals surface area (Å²) in [7, 11) is 1.80. The number of nitrogens with zero attached hydrogens (tertiary/aromatic N) is 1. The normalized spacial score (nSPS) is 28.9. The summed E-state index contributed by atoms with van der Waals surface area (Å²) in [6.07, 6.45) is 0.890. The minimum atomic E-state index is 0.0266. The Morgan fingerprint density at radius 1 is 1.71 bits per heavy atom. The minimum absolute atomic E-state index is 0.0266. The van der Waals surface area contributed by atoms with E-state index < -0.39 is 0 Å². The van der Waals surface area contributed by atoms with Gasteiger partial charge >= 0.3 is 0 Å². The highest BCUT2D eigenvalue weighted by Crippen LogP contribution is 2.22. The van der Waals surface area contributed by atoms with Crippen LogP contribution in [0.25, 0.3) is 0 Å². The molecule has 82 valence electrons. The molecule has 0 aromatic rings. The van der Waals surface area contributed by atoms with Crippen molar-refractivity contribution in [2.75, 3.05) is 20.2 Å². The van der Waals surface area contributed by atoms with Gasteiger partial charge in [0, 0.05) is 26.2 Å². The van der Waals surface area contributed by atoms with Crippen molar-refractivity contribution in [1.82, 2.24) is 4.90 Å². The summed E-state index contributed by atoms with van der Waals surface area (Å²) in [4.78, 5) is 13.6. The highest BCUT2D eigenvalue weighted by molar-refractivity contribution is 5.79. The fourth-order valence-electron chi connectivity index (χ4n) is 1.86. The molecule has 1 heterocycles. The molecule has 4 heteroatoms. The van der Waals surface area contributed by atoms with Crippen LogP contribution in [0.3, 0.4) is 0 Å². The number of amides is 1. The van der Waals surface area contributed by atoms with Gasteiger partial charge in [-0.2, -0.15) is 0 Å². The Balaban J connectivity index is 2.47. The molecule has 1 fully saturated rings. The first kappa shape index (κ1) is 11.5. The molecule has 4 nitrogen and oxygen atoms in total. The fourth-order valence-corrected chi connectivity index (χ4v) is 1.86. The van der Waals surface area contributed by atoms with Gasteiger partial charge in [0.05, 0.1) is 12.0 Å². The van der Waals surface area contributed by atoms with Crippen LogP contribution in [0.2, 0.25) is 0 Å². The first-order valence-electron chi connectivity index (χ1n) is 5.14. The van der Waals surface area contributed by atoms with Crippen molar-refractivity contribution in [3.63, 3.8) is 0 Å². The van der Waals surface area contributed by atoms with Crippen molar-refractivity contribution in [3.05, 3.63) is 0 Å². The summed E-state index contributed by atoms with van der Waals surface area (Å²) in [6, 6.07) is 0.0292. The van der Waals surface area contributed by atoms with E-state index in [1.165, 1.54) is 0 Å². The number of rotatable bonds is 3. The van der Waals surface area contributed by atoms with Crippen molar-refractivity contribution in [1.29, 1.82) is 0 Å². The van der Waals surface area contributed by atoms with Crippen molar-refractivity contribution < 1.29 is 9.53 Å². The first-order chi connectivity index (χ1) is 6.52. The van der Waals surface area contributed by atoms with E-state index in [1.54, 1.807) is 11.9 Å². The zero-order valence-electron chi connectivity index (χ0n) is 9.19. The van der Waals surface area contributed by atoms with Gasteiger partial charge in [0.1, 0.15) is 0 Å². The molecule has 1 aliphatic heterocycles. The molecule has 0 aromatic carbocycles. The molecule has 1 amide bonds. The van der Waals surface area contributed by atoms with Gasteiger partial charge in [-0.3, -0.25) is 4.79 Å². The third kappa shape index (κ3) is 2.69. The fraction of sp³-hybridized carbons (Fsp3) is 0.900. The lowest BCUT2D eigenvalue weighted by molar-refractivity contribution is -0.135. The lowest BCUT2D eigenvalue weighted by atomic mass is 10.0. The van der Waals surface area contributed by atoms with E-state index in [-0.39, 0.29) is 24.0 Å². The topological polar surface area (TPSA) is 55.6 Å². The number of ether oxygens (including phenoxy) is 1. The summed E-state index contributed by atoms with van der Waals surface area (Å²) in [5, 5.41) is 0. The van der Waals surface area contributed by atoms with Crippen molar-refractivity contribution in [2.45, 2.75) is 32.4 Å². The van der Waals surface area contributed by atoms with Crippen LogP contribution in [0.4, 0.5) is 0 Å². The molecule has 1 saturated heterocycles. The van der Waals surface area contributed by atoms with Crippen LogP contribution >= 0.6 is 0 Å². The van der Waals surface area contributed by atoms with Gasteiger partial charge in [0.15, 0.2) is 0 Å². The zero-order valence-corrected chi connectivity index (χ0v) is 9.19. The molecular formula is C10H20N2O2. The number of nitrogens with two attached hydrogens (primary N) is 1. The number of carbonyl (C=O) groups is 1. The Bertz CT molecular complexity index is 206. The molecule has 0 radical (unpaired) electrons. The third-order valence-electron chi connectivity index (χ3n) is 2.63. The number of carbonyl (C=O) groups excluding carboxylic acids is 1. The van der Waals surface area contributed by atoms with Crippen molar-refractivity contribution in [3.8, 4) is 0 Å². The quantitative estimate of drug-likeness (QED) is 0.709. The Hall–Kier alpha value is -0.610. The van der Waals surface area contributed by atoms with Gasteiger partial charge in [-0.15, -0.1) is 0 Å². The molecule has 0 aromatic heterocycles. The molecular weight excluding hydrogens is 180 g/mol. The molecule has 0 bridgehead atoms. The molecule has 0 saturated carbocycles. The number of hydrogen-bond donors (Lipinski definition) is 1. The minimum Gasteiger partial charge on any atom is -0.378 e. The smallest absolute Gasteiger partial charge is 0.228 e. The maximum Gasteiger partial charge on any atom is 0.228 e. The van der Waals surface area contributed by atoms with Gasteiger partial charge in [-0.1, -0.05) is 0 Å². The van der Waals surface area contributed by atoms with Gasteiger partial charge in [-0.25, -0.2) is 0 Å². The molecule has 0 aliphatic carbocycles. The predicted octanol–water partition coefficient (Wildman–Crippen LogP) is 0.217. The summed E-state index contributed by atoms with van der Waals surface area (Å²) >= 11 is 0. The SMILES string of the molecule is CC(N)CN(C)C(=O)C1CCOC1C. The number of hydrogen-bond acceptors (Lipinski definition) is 3. The van der Waals surface area contributed by atoms with E-state index in [2.05, 4.69) is 0 Å². The van der Waals surface area contributed by atoms with Gasteiger partial charge < -0.3 is 15.4 Å². The number of likely N-dealkylation sites (N-methyl/N-ethyl adjacent to an activating group) is 1. The average Bonchev–Trinajstić information content (AvgIpc) is 2.48. The zero-order chi connectivity index (χ0) is 10.7. The molecule has 3 atom stereocenters. The molecule has 3 unspecified atom stereocenters. The molecule has 1 rings (SSSR count). The van der Waals surface area contributed by atoms with E-state index in [1.807, 2.05) is 13.8 Å². The van der Waals surface area contributed by atoms with Crippen LogP contribution in [0, 0.1) is 5.92 Å². The Kier molecular flexibility index (Phi) is 3.89. The predicted molar refractivity (Wildman–Crippen MR) is 54.8 cm³/mol. The van der Waals surface area contributed by atoms with Gasteiger partial charge in [-0.05, 0) is 20.3 Å². The van der Waals surface area contributed by atoms with Crippen LogP contribution in [0.5, 0.6) is 0 Å². The molecule has 14 heavy (non-hydrogen) atoms. The van der Waals surface area contributed by atoms with Crippen LogP contribution in [-0.4, -0.2) is 43.2 Å². The molecule has 0 spiro atoms. The second-order valence-corrected chi connectivity index (χ2v) is 4.17. The average molecular weight is 200 g/mol. The van der Waals surface area contributed by atoms with Gasteiger partial charge in [0.25, 0.3) is 0 Å². The van der Waals surface area contributed by atoms with Crippen molar-refractivity contribution in [2.24, 2.45) is 11.7 Å². The largest absolute Gasteiger partial charge is 0.378 e. The highest BCUT2D eigenvalue weighted by atomic mass is 16.5. The van der Waals surface area contributed by atoms with Crippen LogP contribution in [0.15, 0.2) is 0 Å². The lowest BCUT2D eigenvalue weighted by Crippen LogP contribution is -2.41. The van der Waals surface area contributed by atoms with Crippen LogP contribution in [0.1, 0.15) is 20.3 Å². The van der Waals surface area contributed by atoms with E-state index >= 15 is 0 Å². The molecule has 2 N–H and O–H groups in total. The second-order valence-electron chi connectivity index (χ2n) is 4.17. The summed E-state index contributed by atoms with van der Waals surface area (Å²) in [5.74, 6) is 0.186. The Morgan fingerprint density at radius 2 is 2.36 bits per heavy atom. The second kappa shape index (κ2) is 4.75. The van der Waals surface area contributed by atoms with Gasteiger partial charge in [0.2, 0.25) is 5.91 Å². The maximum absolute atomic E-state index is 11.9. The Morgan fingerprint density at radius 3 is 2.79 bits per heavy atom. The Labute approximate surface area is 85.4 Å². The van der Waals surface area contributed by atoms with E-state index in [4.69, 9.17) is 10.5 Å². The van der Waals surface area contributed by atoms with Crippen LogP contribution in [-0.2, 0) is 9.53 Å².